The van der Waals surface area contributed by atoms with Crippen molar-refractivity contribution in [3.63, 3.8) is 0 Å². The zero-order valence-electron chi connectivity index (χ0n) is 15.7. The lowest BCUT2D eigenvalue weighted by Crippen LogP contribution is -2.43. The molecule has 0 heterocycles. The Morgan fingerprint density at radius 1 is 1.04 bits per heavy atom. The standard InChI is InChI=1S/C20H26N2O3S/c1-15(2)22(14-18-8-6-5-7-9-18)20(23)13-21-26(24,25)19-11-10-16(3)17(4)12-19/h5-12,15,21H,13-14H2,1-4H3. The van der Waals surface area contributed by atoms with Crippen LogP contribution in [0.4, 0.5) is 0 Å². The van der Waals surface area contributed by atoms with Crippen molar-refractivity contribution in [1.29, 1.82) is 0 Å². The van der Waals surface area contributed by atoms with Crippen molar-refractivity contribution >= 4 is 15.9 Å². The lowest BCUT2D eigenvalue weighted by atomic mass is 10.1. The van der Waals surface area contributed by atoms with Crippen LogP contribution in [0.2, 0.25) is 0 Å². The van der Waals surface area contributed by atoms with Gasteiger partial charge in [-0.1, -0.05) is 36.4 Å². The molecule has 6 heteroatoms. The van der Waals surface area contributed by atoms with Gasteiger partial charge in [0.1, 0.15) is 0 Å². The summed E-state index contributed by atoms with van der Waals surface area (Å²) in [4.78, 5) is 14.4. The molecule has 1 amide bonds. The van der Waals surface area contributed by atoms with E-state index in [4.69, 9.17) is 0 Å². The fourth-order valence-corrected chi connectivity index (χ4v) is 3.62. The Balaban J connectivity index is 2.07. The number of carbonyl (C=O) groups is 1. The fourth-order valence-electron chi connectivity index (χ4n) is 2.56. The second-order valence-electron chi connectivity index (χ2n) is 6.67. The van der Waals surface area contributed by atoms with E-state index in [9.17, 15) is 13.2 Å². The highest BCUT2D eigenvalue weighted by molar-refractivity contribution is 7.89. The molecular weight excluding hydrogens is 348 g/mol. The summed E-state index contributed by atoms with van der Waals surface area (Å²) in [6.07, 6.45) is 0. The Labute approximate surface area is 156 Å². The zero-order chi connectivity index (χ0) is 19.3. The van der Waals surface area contributed by atoms with E-state index in [0.717, 1.165) is 16.7 Å². The summed E-state index contributed by atoms with van der Waals surface area (Å²) in [5, 5.41) is 0. The molecule has 0 saturated heterocycles. The molecular formula is C20H26N2O3S. The van der Waals surface area contributed by atoms with Gasteiger partial charge in [-0.3, -0.25) is 4.79 Å². The fraction of sp³-hybridized carbons (Fsp3) is 0.350. The molecule has 2 rings (SSSR count). The second-order valence-corrected chi connectivity index (χ2v) is 8.44. The number of carbonyl (C=O) groups excluding carboxylic acids is 1. The Bertz CT molecular complexity index is 862. The second kappa shape index (κ2) is 8.47. The van der Waals surface area contributed by atoms with Crippen LogP contribution in [0.25, 0.3) is 0 Å². The molecule has 0 radical (unpaired) electrons. The minimum atomic E-state index is -3.72. The average Bonchev–Trinajstić information content (AvgIpc) is 2.60. The number of hydrogen-bond acceptors (Lipinski definition) is 3. The molecule has 2 aromatic carbocycles. The van der Waals surface area contributed by atoms with Crippen molar-refractivity contribution in [2.45, 2.75) is 45.2 Å². The molecule has 0 aromatic heterocycles. The van der Waals surface area contributed by atoms with Crippen LogP contribution < -0.4 is 4.72 Å². The number of rotatable bonds is 7. The van der Waals surface area contributed by atoms with E-state index in [0.29, 0.717) is 6.54 Å². The predicted molar refractivity (Wildman–Crippen MR) is 103 cm³/mol. The number of benzene rings is 2. The Hall–Kier alpha value is -2.18. The summed E-state index contributed by atoms with van der Waals surface area (Å²) in [5.41, 5.74) is 2.92. The number of sulfonamides is 1. The van der Waals surface area contributed by atoms with Gasteiger partial charge in [-0.15, -0.1) is 0 Å². The number of amides is 1. The van der Waals surface area contributed by atoms with E-state index in [1.807, 2.05) is 58.0 Å². The van der Waals surface area contributed by atoms with Crippen LogP contribution >= 0.6 is 0 Å². The van der Waals surface area contributed by atoms with Gasteiger partial charge in [0.2, 0.25) is 15.9 Å². The first-order valence-electron chi connectivity index (χ1n) is 8.61. The Kier molecular flexibility index (Phi) is 6.56. The van der Waals surface area contributed by atoms with Gasteiger partial charge in [-0.2, -0.15) is 0 Å². The normalized spacial score (nSPS) is 11.6. The maximum atomic E-state index is 12.6. The van der Waals surface area contributed by atoms with Gasteiger partial charge in [0, 0.05) is 12.6 Å². The van der Waals surface area contributed by atoms with E-state index < -0.39 is 10.0 Å². The number of nitrogens with one attached hydrogen (secondary N) is 1. The summed E-state index contributed by atoms with van der Waals surface area (Å²) >= 11 is 0. The van der Waals surface area contributed by atoms with E-state index in [-0.39, 0.29) is 23.4 Å². The van der Waals surface area contributed by atoms with Crippen LogP contribution in [-0.2, 0) is 21.4 Å². The Morgan fingerprint density at radius 2 is 1.69 bits per heavy atom. The smallest absolute Gasteiger partial charge is 0.241 e. The van der Waals surface area contributed by atoms with E-state index in [1.54, 1.807) is 23.1 Å². The van der Waals surface area contributed by atoms with Gasteiger partial charge < -0.3 is 4.90 Å². The molecule has 0 aliphatic heterocycles. The number of aryl methyl sites for hydroxylation is 2. The minimum Gasteiger partial charge on any atom is -0.335 e. The molecule has 0 saturated carbocycles. The maximum absolute atomic E-state index is 12.6. The first-order valence-corrected chi connectivity index (χ1v) is 10.1. The molecule has 5 nitrogen and oxygen atoms in total. The molecule has 0 unspecified atom stereocenters. The molecule has 1 N–H and O–H groups in total. The highest BCUT2D eigenvalue weighted by Gasteiger charge is 2.21. The molecule has 0 fully saturated rings. The lowest BCUT2D eigenvalue weighted by Gasteiger charge is -2.27. The monoisotopic (exact) mass is 374 g/mol. The van der Waals surface area contributed by atoms with Crippen molar-refractivity contribution in [1.82, 2.24) is 9.62 Å². The van der Waals surface area contributed by atoms with Gasteiger partial charge in [0.15, 0.2) is 0 Å². The van der Waals surface area contributed by atoms with Gasteiger partial charge in [0.05, 0.1) is 11.4 Å². The molecule has 0 aliphatic carbocycles. The van der Waals surface area contributed by atoms with Crippen molar-refractivity contribution in [2.24, 2.45) is 0 Å². The molecule has 0 atom stereocenters. The van der Waals surface area contributed by atoms with Crippen LogP contribution in [0.15, 0.2) is 53.4 Å². The highest BCUT2D eigenvalue weighted by Crippen LogP contribution is 2.15. The van der Waals surface area contributed by atoms with Crippen molar-refractivity contribution in [3.8, 4) is 0 Å². The Morgan fingerprint density at radius 3 is 2.27 bits per heavy atom. The number of nitrogens with zero attached hydrogens (tertiary/aromatic N) is 1. The molecule has 2 aromatic rings. The highest BCUT2D eigenvalue weighted by atomic mass is 32.2. The van der Waals surface area contributed by atoms with Crippen LogP contribution in [0.3, 0.4) is 0 Å². The number of hydrogen-bond donors (Lipinski definition) is 1. The largest absolute Gasteiger partial charge is 0.335 e. The summed E-state index contributed by atoms with van der Waals surface area (Å²) in [6.45, 7) is 7.80. The molecule has 0 aliphatic rings. The predicted octanol–water partition coefficient (Wildman–Crippen LogP) is 3.02. The topological polar surface area (TPSA) is 66.5 Å². The summed E-state index contributed by atoms with van der Waals surface area (Å²) in [5.74, 6) is -0.253. The third kappa shape index (κ3) is 5.16. The maximum Gasteiger partial charge on any atom is 0.241 e. The van der Waals surface area contributed by atoms with Crippen molar-refractivity contribution in [2.75, 3.05) is 6.54 Å². The van der Waals surface area contributed by atoms with Gasteiger partial charge in [0.25, 0.3) is 0 Å². The van der Waals surface area contributed by atoms with Crippen LogP contribution in [-0.4, -0.2) is 31.8 Å². The molecule has 140 valence electrons. The van der Waals surface area contributed by atoms with E-state index in [2.05, 4.69) is 4.72 Å². The first kappa shape index (κ1) is 20.1. The van der Waals surface area contributed by atoms with Gasteiger partial charge in [-0.25, -0.2) is 13.1 Å². The molecule has 0 bridgehead atoms. The van der Waals surface area contributed by atoms with E-state index >= 15 is 0 Å². The molecule has 0 spiro atoms. The summed E-state index contributed by atoms with van der Waals surface area (Å²) in [7, 11) is -3.72. The van der Waals surface area contributed by atoms with E-state index in [1.165, 1.54) is 0 Å². The minimum absolute atomic E-state index is 0.0335. The zero-order valence-corrected chi connectivity index (χ0v) is 16.5. The lowest BCUT2D eigenvalue weighted by molar-refractivity contribution is -0.132. The first-order chi connectivity index (χ1) is 12.2. The van der Waals surface area contributed by atoms with Crippen molar-refractivity contribution < 1.29 is 13.2 Å². The van der Waals surface area contributed by atoms with Crippen LogP contribution in [0.5, 0.6) is 0 Å². The van der Waals surface area contributed by atoms with Gasteiger partial charge in [-0.05, 0) is 56.5 Å². The third-order valence-corrected chi connectivity index (χ3v) is 5.74. The SMILES string of the molecule is Cc1ccc(S(=O)(=O)NCC(=O)N(Cc2ccccc2)C(C)C)cc1C. The summed E-state index contributed by atoms with van der Waals surface area (Å²) < 4.78 is 27.4. The quantitative estimate of drug-likeness (QED) is 0.810. The van der Waals surface area contributed by atoms with Crippen LogP contribution in [0, 0.1) is 13.8 Å². The average molecular weight is 375 g/mol. The van der Waals surface area contributed by atoms with Crippen LogP contribution in [0.1, 0.15) is 30.5 Å². The van der Waals surface area contributed by atoms with Crippen molar-refractivity contribution in [3.05, 3.63) is 65.2 Å². The summed E-state index contributed by atoms with van der Waals surface area (Å²) in [6, 6.07) is 14.6. The molecule has 26 heavy (non-hydrogen) atoms. The van der Waals surface area contributed by atoms with Gasteiger partial charge >= 0.3 is 0 Å². The third-order valence-electron chi connectivity index (χ3n) is 4.34.